The Kier molecular flexibility index (Phi) is 8.90. The minimum atomic E-state index is -0.626. The quantitative estimate of drug-likeness (QED) is 0.644. The van der Waals surface area contributed by atoms with Gasteiger partial charge in [-0.2, -0.15) is 0 Å². The van der Waals surface area contributed by atoms with Crippen molar-refractivity contribution in [2.24, 2.45) is 11.8 Å². The number of nitrogens with one attached hydrogen (secondary N) is 2. The lowest BCUT2D eigenvalue weighted by Crippen LogP contribution is -2.49. The molecule has 3 N–H and O–H groups in total. The highest BCUT2D eigenvalue weighted by Crippen LogP contribution is 2.11. The highest BCUT2D eigenvalue weighted by atomic mass is 16.6. The van der Waals surface area contributed by atoms with Crippen LogP contribution in [0.2, 0.25) is 0 Å². The molecule has 0 aliphatic heterocycles. The topological polar surface area (TPSA) is 70.6 Å². The number of alkyl carbamates (subject to hydrolysis) is 1. The van der Waals surface area contributed by atoms with E-state index in [0.29, 0.717) is 24.8 Å². The molecule has 0 aromatic heterocycles. The fourth-order valence-corrected chi connectivity index (χ4v) is 1.94. The molecular formula is C16H34N2O3. The Labute approximate surface area is 129 Å². The van der Waals surface area contributed by atoms with Crippen LogP contribution in [0.1, 0.15) is 54.9 Å². The van der Waals surface area contributed by atoms with Crippen LogP contribution in [-0.4, -0.2) is 42.0 Å². The molecule has 0 fully saturated rings. The lowest BCUT2D eigenvalue weighted by atomic mass is 9.99. The van der Waals surface area contributed by atoms with Crippen molar-refractivity contribution in [2.75, 3.05) is 13.1 Å². The third-order valence-electron chi connectivity index (χ3n) is 2.80. The Morgan fingerprint density at radius 2 is 1.67 bits per heavy atom. The van der Waals surface area contributed by atoms with E-state index in [1.165, 1.54) is 0 Å². The van der Waals surface area contributed by atoms with Crippen molar-refractivity contribution in [1.29, 1.82) is 0 Å². The number of rotatable bonds is 8. The van der Waals surface area contributed by atoms with Crippen LogP contribution in [0.5, 0.6) is 0 Å². The summed E-state index contributed by atoms with van der Waals surface area (Å²) < 4.78 is 5.26. The molecule has 0 radical (unpaired) electrons. The summed E-state index contributed by atoms with van der Waals surface area (Å²) in [4.78, 5) is 11.9. The predicted molar refractivity (Wildman–Crippen MR) is 86.3 cm³/mol. The average molecular weight is 302 g/mol. The van der Waals surface area contributed by atoms with Crippen LogP contribution >= 0.6 is 0 Å². The van der Waals surface area contributed by atoms with E-state index in [-0.39, 0.29) is 6.04 Å². The molecule has 0 rings (SSSR count). The Bertz CT molecular complexity index is 298. The summed E-state index contributed by atoms with van der Waals surface area (Å²) in [6.07, 6.45) is -0.390. The first-order chi connectivity index (χ1) is 9.51. The number of hydrogen-bond acceptors (Lipinski definition) is 4. The first kappa shape index (κ1) is 20.2. The molecule has 0 aromatic rings. The normalized spacial score (nSPS) is 15.1. The van der Waals surface area contributed by atoms with E-state index in [9.17, 15) is 9.90 Å². The summed E-state index contributed by atoms with van der Waals surface area (Å²) in [7, 11) is 0. The highest BCUT2D eigenvalue weighted by molar-refractivity contribution is 5.68. The van der Waals surface area contributed by atoms with Gasteiger partial charge in [0.1, 0.15) is 5.60 Å². The Hall–Kier alpha value is -0.810. The van der Waals surface area contributed by atoms with Gasteiger partial charge in [0.05, 0.1) is 12.1 Å². The van der Waals surface area contributed by atoms with Crippen LogP contribution < -0.4 is 10.6 Å². The zero-order valence-electron chi connectivity index (χ0n) is 14.7. The summed E-state index contributed by atoms with van der Waals surface area (Å²) in [5.74, 6) is 0.907. The maximum atomic E-state index is 11.9. The fourth-order valence-electron chi connectivity index (χ4n) is 1.94. The van der Waals surface area contributed by atoms with Crippen molar-refractivity contribution in [3.63, 3.8) is 0 Å². The Morgan fingerprint density at radius 1 is 1.10 bits per heavy atom. The number of carbonyl (C=O) groups excluding carboxylic acids is 1. The maximum absolute atomic E-state index is 11.9. The van der Waals surface area contributed by atoms with Gasteiger partial charge in [0, 0.05) is 6.54 Å². The van der Waals surface area contributed by atoms with Crippen molar-refractivity contribution in [3.05, 3.63) is 0 Å². The van der Waals surface area contributed by atoms with E-state index < -0.39 is 17.8 Å². The van der Waals surface area contributed by atoms with Crippen LogP contribution in [0.25, 0.3) is 0 Å². The average Bonchev–Trinajstić information content (AvgIpc) is 2.23. The minimum absolute atomic E-state index is 0.306. The number of aliphatic hydroxyl groups is 1. The number of ether oxygens (including phenoxy) is 1. The molecule has 0 bridgehead atoms. The van der Waals surface area contributed by atoms with E-state index in [4.69, 9.17) is 4.74 Å². The van der Waals surface area contributed by atoms with E-state index in [1.54, 1.807) is 0 Å². The van der Waals surface area contributed by atoms with Crippen LogP contribution in [0, 0.1) is 11.8 Å². The van der Waals surface area contributed by atoms with Crippen molar-refractivity contribution in [3.8, 4) is 0 Å². The molecule has 5 heteroatoms. The predicted octanol–water partition coefficient (Wildman–Crippen LogP) is 2.53. The van der Waals surface area contributed by atoms with Gasteiger partial charge in [-0.05, 0) is 45.6 Å². The van der Waals surface area contributed by atoms with E-state index in [0.717, 1.165) is 6.54 Å². The summed E-state index contributed by atoms with van der Waals surface area (Å²) in [5, 5.41) is 16.3. The number of aliphatic hydroxyl groups excluding tert-OH is 1. The Balaban J connectivity index is 4.46. The highest BCUT2D eigenvalue weighted by Gasteiger charge is 2.25. The van der Waals surface area contributed by atoms with Crippen molar-refractivity contribution in [2.45, 2.75) is 72.6 Å². The largest absolute Gasteiger partial charge is 0.444 e. The molecule has 2 atom stereocenters. The van der Waals surface area contributed by atoms with E-state index in [2.05, 4.69) is 38.3 Å². The van der Waals surface area contributed by atoms with Crippen molar-refractivity contribution >= 4 is 6.09 Å². The van der Waals surface area contributed by atoms with Gasteiger partial charge >= 0.3 is 6.09 Å². The molecule has 2 unspecified atom stereocenters. The first-order valence-corrected chi connectivity index (χ1v) is 7.89. The molecule has 0 aliphatic carbocycles. The van der Waals surface area contributed by atoms with Crippen LogP contribution in [0.4, 0.5) is 4.79 Å². The molecule has 0 heterocycles. The van der Waals surface area contributed by atoms with Gasteiger partial charge in [0.2, 0.25) is 0 Å². The van der Waals surface area contributed by atoms with E-state index >= 15 is 0 Å². The number of carbonyl (C=O) groups is 1. The zero-order valence-corrected chi connectivity index (χ0v) is 14.7. The standard InChI is InChI=1S/C16H34N2O3/c1-11(2)8-13(14(19)10-17-9-12(3)4)18-15(20)21-16(5,6)7/h11-14,17,19H,8-10H2,1-7H3,(H,18,20). The van der Waals surface area contributed by atoms with Crippen LogP contribution in [0.15, 0.2) is 0 Å². The van der Waals surface area contributed by atoms with Crippen molar-refractivity contribution < 1.29 is 14.6 Å². The van der Waals surface area contributed by atoms with Crippen LogP contribution in [-0.2, 0) is 4.74 Å². The third-order valence-corrected chi connectivity index (χ3v) is 2.80. The molecular weight excluding hydrogens is 268 g/mol. The van der Waals surface area contributed by atoms with Gasteiger partial charge in [-0.1, -0.05) is 27.7 Å². The molecule has 21 heavy (non-hydrogen) atoms. The van der Waals surface area contributed by atoms with Gasteiger partial charge in [0.15, 0.2) is 0 Å². The molecule has 5 nitrogen and oxygen atoms in total. The summed E-state index contributed by atoms with van der Waals surface area (Å²) in [5.41, 5.74) is -0.534. The summed E-state index contributed by atoms with van der Waals surface area (Å²) >= 11 is 0. The van der Waals surface area contributed by atoms with E-state index in [1.807, 2.05) is 20.8 Å². The molecule has 0 aliphatic rings. The lowest BCUT2D eigenvalue weighted by Gasteiger charge is -2.28. The second-order valence-electron chi connectivity index (χ2n) is 7.50. The zero-order chi connectivity index (χ0) is 16.6. The lowest BCUT2D eigenvalue weighted by molar-refractivity contribution is 0.0403. The van der Waals surface area contributed by atoms with Gasteiger partial charge in [-0.25, -0.2) is 4.79 Å². The molecule has 0 aromatic carbocycles. The Morgan fingerprint density at radius 3 is 2.10 bits per heavy atom. The molecule has 126 valence electrons. The van der Waals surface area contributed by atoms with Crippen molar-refractivity contribution in [1.82, 2.24) is 10.6 Å². The summed E-state index contributed by atoms with van der Waals surface area (Å²) in [6, 6.07) is -0.306. The monoisotopic (exact) mass is 302 g/mol. The second kappa shape index (κ2) is 9.26. The number of hydrogen-bond donors (Lipinski definition) is 3. The van der Waals surface area contributed by atoms with Gasteiger partial charge in [-0.3, -0.25) is 0 Å². The molecule has 0 spiro atoms. The molecule has 1 amide bonds. The molecule has 0 saturated heterocycles. The van der Waals surface area contributed by atoms with Gasteiger partial charge < -0.3 is 20.5 Å². The second-order valence-corrected chi connectivity index (χ2v) is 7.50. The number of amides is 1. The van der Waals surface area contributed by atoms with Gasteiger partial charge in [0.25, 0.3) is 0 Å². The summed E-state index contributed by atoms with van der Waals surface area (Å²) in [6.45, 7) is 15.1. The maximum Gasteiger partial charge on any atom is 0.407 e. The molecule has 0 saturated carbocycles. The van der Waals surface area contributed by atoms with Gasteiger partial charge in [-0.15, -0.1) is 0 Å². The first-order valence-electron chi connectivity index (χ1n) is 7.89. The smallest absolute Gasteiger partial charge is 0.407 e. The fraction of sp³-hybridized carbons (Fsp3) is 0.938. The third kappa shape index (κ3) is 11.5. The van der Waals surface area contributed by atoms with Crippen LogP contribution in [0.3, 0.4) is 0 Å². The minimum Gasteiger partial charge on any atom is -0.444 e. The SMILES string of the molecule is CC(C)CNCC(O)C(CC(C)C)NC(=O)OC(C)(C)C.